The monoisotopic (exact) mass is 256 g/mol. The van der Waals surface area contributed by atoms with Crippen molar-refractivity contribution in [2.24, 2.45) is 0 Å². The fourth-order valence-electron chi connectivity index (χ4n) is 2.21. The predicted molar refractivity (Wildman–Crippen MR) is 78.4 cm³/mol. The van der Waals surface area contributed by atoms with Gasteiger partial charge in [-0.2, -0.15) is 0 Å². The third-order valence-corrected chi connectivity index (χ3v) is 3.25. The molecule has 0 aliphatic heterocycles. The largest absolute Gasteiger partial charge is 0.428 e. The van der Waals surface area contributed by atoms with Crippen LogP contribution in [0, 0.1) is 6.92 Å². The van der Waals surface area contributed by atoms with Gasteiger partial charge in [-0.3, -0.25) is 0 Å². The highest BCUT2D eigenvalue weighted by molar-refractivity contribution is 5.63. The Hall–Kier alpha value is -1.83. The highest BCUT2D eigenvalue weighted by Crippen LogP contribution is 2.20. The van der Waals surface area contributed by atoms with Gasteiger partial charge in [0.1, 0.15) is 5.76 Å². The fourth-order valence-corrected chi connectivity index (χ4v) is 2.21. The van der Waals surface area contributed by atoms with Crippen molar-refractivity contribution in [2.45, 2.75) is 39.5 Å². The molecular formula is C17H20O2. The summed E-state index contributed by atoms with van der Waals surface area (Å²) in [6.45, 7) is 4.01. The Bertz CT molecular complexity index is 579. The van der Waals surface area contributed by atoms with Gasteiger partial charge in [-0.1, -0.05) is 44.0 Å². The SMILES string of the molecule is CCCCCc1ccc(-c2cc(C)oc(=O)c2)cc1. The molecule has 2 heteroatoms. The van der Waals surface area contributed by atoms with Crippen LogP contribution in [0.1, 0.15) is 37.5 Å². The van der Waals surface area contributed by atoms with Gasteiger partial charge in [-0.15, -0.1) is 0 Å². The molecule has 0 saturated heterocycles. The molecule has 0 aliphatic rings. The lowest BCUT2D eigenvalue weighted by Gasteiger charge is -2.04. The van der Waals surface area contributed by atoms with E-state index in [0.717, 1.165) is 17.5 Å². The Balaban J connectivity index is 2.15. The standard InChI is InChI=1S/C17H20O2/c1-3-4-5-6-14-7-9-15(10-8-14)16-11-13(2)19-17(18)12-16/h7-12H,3-6H2,1-2H3. The van der Waals surface area contributed by atoms with Crippen molar-refractivity contribution in [3.63, 3.8) is 0 Å². The summed E-state index contributed by atoms with van der Waals surface area (Å²) < 4.78 is 4.97. The number of benzene rings is 1. The van der Waals surface area contributed by atoms with E-state index in [4.69, 9.17) is 4.42 Å². The smallest absolute Gasteiger partial charge is 0.336 e. The molecule has 0 saturated carbocycles. The van der Waals surface area contributed by atoms with Crippen molar-refractivity contribution in [2.75, 3.05) is 0 Å². The molecule has 2 nitrogen and oxygen atoms in total. The minimum atomic E-state index is -0.290. The maximum absolute atomic E-state index is 11.4. The third kappa shape index (κ3) is 3.82. The van der Waals surface area contributed by atoms with Gasteiger partial charge in [-0.25, -0.2) is 4.79 Å². The number of rotatable bonds is 5. The average Bonchev–Trinajstić information content (AvgIpc) is 2.39. The van der Waals surface area contributed by atoms with Crippen LogP contribution >= 0.6 is 0 Å². The molecule has 0 radical (unpaired) electrons. The van der Waals surface area contributed by atoms with Crippen molar-refractivity contribution >= 4 is 0 Å². The normalized spacial score (nSPS) is 10.6. The Labute approximate surface area is 114 Å². The number of hydrogen-bond donors (Lipinski definition) is 0. The maximum atomic E-state index is 11.4. The van der Waals surface area contributed by atoms with Gasteiger partial charge in [0.2, 0.25) is 0 Å². The summed E-state index contributed by atoms with van der Waals surface area (Å²) >= 11 is 0. The van der Waals surface area contributed by atoms with E-state index < -0.39 is 0 Å². The lowest BCUT2D eigenvalue weighted by Crippen LogP contribution is -1.98. The molecule has 0 spiro atoms. The summed E-state index contributed by atoms with van der Waals surface area (Å²) in [5.74, 6) is 0.648. The lowest BCUT2D eigenvalue weighted by atomic mass is 10.0. The number of unbranched alkanes of at least 4 members (excludes halogenated alkanes) is 2. The summed E-state index contributed by atoms with van der Waals surface area (Å²) in [4.78, 5) is 11.4. The van der Waals surface area contributed by atoms with Crippen LogP contribution in [0.3, 0.4) is 0 Å². The van der Waals surface area contributed by atoms with Crippen molar-refractivity contribution in [1.29, 1.82) is 0 Å². The van der Waals surface area contributed by atoms with Crippen LogP contribution in [0.15, 0.2) is 45.6 Å². The van der Waals surface area contributed by atoms with Gasteiger partial charge in [0.25, 0.3) is 0 Å². The molecule has 0 bridgehead atoms. The summed E-state index contributed by atoms with van der Waals surface area (Å²) in [5.41, 5.74) is 3.06. The van der Waals surface area contributed by atoms with Crippen molar-refractivity contribution in [1.82, 2.24) is 0 Å². The van der Waals surface area contributed by atoms with E-state index in [-0.39, 0.29) is 5.63 Å². The molecule has 0 aliphatic carbocycles. The molecule has 0 amide bonds. The second-order valence-corrected chi connectivity index (χ2v) is 4.93. The number of hydrogen-bond acceptors (Lipinski definition) is 2. The average molecular weight is 256 g/mol. The first kappa shape index (κ1) is 13.6. The molecule has 1 aromatic carbocycles. The molecule has 19 heavy (non-hydrogen) atoms. The van der Waals surface area contributed by atoms with E-state index in [9.17, 15) is 4.79 Å². The summed E-state index contributed by atoms with van der Waals surface area (Å²) in [6.07, 6.45) is 4.89. The predicted octanol–water partition coefficient (Wildman–Crippen LogP) is 4.35. The Kier molecular flexibility index (Phi) is 4.56. The zero-order valence-corrected chi connectivity index (χ0v) is 11.6. The van der Waals surface area contributed by atoms with E-state index >= 15 is 0 Å². The summed E-state index contributed by atoms with van der Waals surface area (Å²) in [5, 5.41) is 0. The van der Waals surface area contributed by atoms with Gasteiger partial charge >= 0.3 is 5.63 Å². The molecule has 1 heterocycles. The Morgan fingerprint density at radius 2 is 1.74 bits per heavy atom. The highest BCUT2D eigenvalue weighted by Gasteiger charge is 2.02. The Morgan fingerprint density at radius 1 is 1.00 bits per heavy atom. The Morgan fingerprint density at radius 3 is 2.37 bits per heavy atom. The molecule has 0 atom stereocenters. The second kappa shape index (κ2) is 6.37. The van der Waals surface area contributed by atoms with Crippen molar-refractivity contribution in [3.8, 4) is 11.1 Å². The molecule has 2 rings (SSSR count). The van der Waals surface area contributed by atoms with E-state index in [0.29, 0.717) is 5.76 Å². The first-order valence-electron chi connectivity index (χ1n) is 6.90. The van der Waals surface area contributed by atoms with Crippen LogP contribution in [0.4, 0.5) is 0 Å². The van der Waals surface area contributed by atoms with Crippen molar-refractivity contribution < 1.29 is 4.42 Å². The first-order chi connectivity index (χ1) is 9.19. The molecule has 0 fully saturated rings. The summed E-state index contributed by atoms with van der Waals surface area (Å²) in [7, 11) is 0. The minimum absolute atomic E-state index is 0.290. The molecule has 0 unspecified atom stereocenters. The van der Waals surface area contributed by atoms with Crippen molar-refractivity contribution in [3.05, 3.63) is 58.1 Å². The zero-order chi connectivity index (χ0) is 13.7. The molecule has 0 N–H and O–H groups in total. The van der Waals surface area contributed by atoms with Gasteiger partial charge in [-0.05, 0) is 42.5 Å². The van der Waals surface area contributed by atoms with E-state index in [1.54, 1.807) is 13.0 Å². The van der Waals surface area contributed by atoms with Gasteiger partial charge in [0.15, 0.2) is 0 Å². The van der Waals surface area contributed by atoms with E-state index in [2.05, 4.69) is 31.2 Å². The topological polar surface area (TPSA) is 30.2 Å². The first-order valence-corrected chi connectivity index (χ1v) is 6.90. The fraction of sp³-hybridized carbons (Fsp3) is 0.353. The van der Waals surface area contributed by atoms with Crippen LogP contribution < -0.4 is 5.63 Å². The minimum Gasteiger partial charge on any atom is -0.428 e. The van der Waals surface area contributed by atoms with E-state index in [1.165, 1.54) is 24.8 Å². The number of aryl methyl sites for hydroxylation is 2. The third-order valence-electron chi connectivity index (χ3n) is 3.25. The lowest BCUT2D eigenvalue weighted by molar-refractivity contribution is 0.481. The highest BCUT2D eigenvalue weighted by atomic mass is 16.4. The van der Waals surface area contributed by atoms with Crippen LogP contribution in [-0.2, 0) is 6.42 Å². The molecule has 1 aromatic heterocycles. The molecular weight excluding hydrogens is 236 g/mol. The van der Waals surface area contributed by atoms with Gasteiger partial charge < -0.3 is 4.42 Å². The molecule has 2 aromatic rings. The summed E-state index contributed by atoms with van der Waals surface area (Å²) in [6, 6.07) is 11.9. The zero-order valence-electron chi connectivity index (χ0n) is 11.6. The van der Waals surface area contributed by atoms with E-state index in [1.807, 2.05) is 6.07 Å². The van der Waals surface area contributed by atoms with Crippen LogP contribution in [0.2, 0.25) is 0 Å². The van der Waals surface area contributed by atoms with Gasteiger partial charge in [0, 0.05) is 6.07 Å². The van der Waals surface area contributed by atoms with Gasteiger partial charge in [0.05, 0.1) is 0 Å². The van der Waals surface area contributed by atoms with Crippen LogP contribution in [0.25, 0.3) is 11.1 Å². The van der Waals surface area contributed by atoms with Crippen LogP contribution in [-0.4, -0.2) is 0 Å². The molecule has 100 valence electrons. The van der Waals surface area contributed by atoms with Crippen LogP contribution in [0.5, 0.6) is 0 Å². The maximum Gasteiger partial charge on any atom is 0.336 e. The second-order valence-electron chi connectivity index (χ2n) is 4.93. The quantitative estimate of drug-likeness (QED) is 0.744.